The predicted octanol–water partition coefficient (Wildman–Crippen LogP) is 4.24. The molecule has 12 heteroatoms. The number of hydrogen-bond acceptors (Lipinski definition) is 4. The van der Waals surface area contributed by atoms with Crippen LogP contribution >= 0.6 is 22.9 Å². The van der Waals surface area contributed by atoms with Crippen LogP contribution in [0.4, 0.5) is 26.3 Å². The highest BCUT2D eigenvalue weighted by Crippen LogP contribution is 2.29. The molecule has 1 fully saturated rings. The van der Waals surface area contributed by atoms with Gasteiger partial charge < -0.3 is 4.57 Å². The number of halogens is 7. The summed E-state index contributed by atoms with van der Waals surface area (Å²) in [6.45, 7) is -1.63. The maximum Gasteiger partial charge on any atom is 0.401 e. The molecule has 0 radical (unpaired) electrons. The molecule has 0 unspecified atom stereocenters. The normalized spacial score (nSPS) is 14.9. The highest BCUT2D eigenvalue weighted by Gasteiger charge is 2.36. The Bertz CT molecular complexity index is 1130. The first-order valence-electron chi connectivity index (χ1n) is 9.21. The van der Waals surface area contributed by atoms with Crippen molar-refractivity contribution in [3.05, 3.63) is 54.8 Å². The van der Waals surface area contributed by atoms with Crippen molar-refractivity contribution >= 4 is 28.7 Å². The second-order valence-corrected chi connectivity index (χ2v) is 8.87. The second kappa shape index (κ2) is 9.68. The summed E-state index contributed by atoms with van der Waals surface area (Å²) in [5.41, 5.74) is -0.824. The van der Waals surface area contributed by atoms with E-state index in [9.17, 15) is 35.9 Å². The second-order valence-electron chi connectivity index (χ2n) is 7.22. The van der Waals surface area contributed by atoms with Gasteiger partial charge in [-0.05, 0) is 17.7 Å². The summed E-state index contributed by atoms with van der Waals surface area (Å²) in [6, 6.07) is 2.24. The molecule has 1 aliphatic heterocycles. The van der Waals surface area contributed by atoms with Crippen molar-refractivity contribution in [2.24, 2.45) is 5.92 Å². The van der Waals surface area contributed by atoms with Gasteiger partial charge in [0.1, 0.15) is 4.34 Å². The third-order valence-corrected chi connectivity index (χ3v) is 5.93. The quantitative estimate of drug-likeness (QED) is 0.341. The number of hydrogen-bond donors (Lipinski definition) is 0. The zero-order valence-corrected chi connectivity index (χ0v) is 17.8. The highest BCUT2D eigenvalue weighted by molar-refractivity contribution is 7.18. The van der Waals surface area contributed by atoms with Crippen LogP contribution in [0.15, 0.2) is 23.1 Å². The van der Waals surface area contributed by atoms with Gasteiger partial charge in [0.05, 0.1) is 23.5 Å². The van der Waals surface area contributed by atoms with Crippen molar-refractivity contribution in [3.63, 3.8) is 0 Å². The Kier molecular flexibility index (Phi) is 7.37. The number of rotatable bonds is 6. The Balaban J connectivity index is 1.66. The van der Waals surface area contributed by atoms with Crippen molar-refractivity contribution in [2.75, 3.05) is 19.6 Å². The maximum atomic E-state index is 13.8. The van der Waals surface area contributed by atoms with Crippen LogP contribution in [-0.4, -0.2) is 47.5 Å². The Labute approximate surface area is 187 Å². The van der Waals surface area contributed by atoms with E-state index < -0.39 is 42.9 Å². The minimum atomic E-state index is -4.26. The maximum absolute atomic E-state index is 13.8. The number of nitrogens with zero attached hydrogens (tertiary/aromatic N) is 2. The molecule has 172 valence electrons. The van der Waals surface area contributed by atoms with Gasteiger partial charge in [-0.3, -0.25) is 14.5 Å². The van der Waals surface area contributed by atoms with E-state index in [-0.39, 0.29) is 40.2 Å². The SMILES string of the molecule is O=C(Cc1cc(F)c(=O)n(CC(F)F)c1)c1cc(C#CC2CN(CC(F)(F)F)C2)c(Cl)s1. The van der Waals surface area contributed by atoms with Crippen LogP contribution in [-0.2, 0) is 13.0 Å². The largest absolute Gasteiger partial charge is 0.401 e. The summed E-state index contributed by atoms with van der Waals surface area (Å²) < 4.78 is 76.6. The molecule has 0 amide bonds. The zero-order chi connectivity index (χ0) is 23.6. The molecule has 0 aromatic carbocycles. The van der Waals surface area contributed by atoms with Crippen molar-refractivity contribution in [2.45, 2.75) is 25.6 Å². The summed E-state index contributed by atoms with van der Waals surface area (Å²) in [7, 11) is 0. The number of ketones is 1. The smallest absolute Gasteiger partial charge is 0.307 e. The van der Waals surface area contributed by atoms with Gasteiger partial charge in [0.25, 0.3) is 12.0 Å². The number of pyridine rings is 1. The van der Waals surface area contributed by atoms with Crippen LogP contribution in [0, 0.1) is 23.6 Å². The molecule has 4 nitrogen and oxygen atoms in total. The number of alkyl halides is 5. The fraction of sp³-hybridized carbons (Fsp3) is 0.400. The number of carbonyl (C=O) groups is 1. The summed E-state index contributed by atoms with van der Waals surface area (Å²) in [6.07, 6.45) is -6.47. The minimum absolute atomic E-state index is 0.0455. The lowest BCUT2D eigenvalue weighted by molar-refractivity contribution is -0.156. The molecule has 32 heavy (non-hydrogen) atoms. The molecule has 0 bridgehead atoms. The summed E-state index contributed by atoms with van der Waals surface area (Å²) >= 11 is 7.02. The molecule has 0 spiro atoms. The average Bonchev–Trinajstić information content (AvgIpc) is 3.00. The Morgan fingerprint density at radius 1 is 1.28 bits per heavy atom. The topological polar surface area (TPSA) is 42.3 Å². The summed E-state index contributed by atoms with van der Waals surface area (Å²) in [5, 5.41) is 0. The number of Topliss-reactive ketones (excluding diaryl/α,β-unsaturated/α-hetero) is 1. The summed E-state index contributed by atoms with van der Waals surface area (Å²) in [5.74, 6) is 3.62. The van der Waals surface area contributed by atoms with Crippen LogP contribution in [0.5, 0.6) is 0 Å². The van der Waals surface area contributed by atoms with Crippen LogP contribution in [0.25, 0.3) is 0 Å². The standard InChI is InChI=1S/C20H15ClF6N2O2S/c21-18-13(2-1-11-6-28(7-11)10-20(25,26)27)5-16(32-18)15(30)4-12-3-14(22)19(31)29(8-12)9-17(23)24/h3,5,8,11,17H,4,6-7,9-10H2. The molecule has 0 atom stereocenters. The average molecular weight is 497 g/mol. The van der Waals surface area contributed by atoms with Crippen LogP contribution in [0.2, 0.25) is 4.34 Å². The van der Waals surface area contributed by atoms with E-state index in [1.54, 1.807) is 0 Å². The van der Waals surface area contributed by atoms with E-state index in [1.165, 1.54) is 11.0 Å². The van der Waals surface area contributed by atoms with Gasteiger partial charge in [0.2, 0.25) is 0 Å². The minimum Gasteiger partial charge on any atom is -0.307 e. The molecule has 2 aromatic rings. The lowest BCUT2D eigenvalue weighted by Gasteiger charge is -2.36. The van der Waals surface area contributed by atoms with E-state index in [1.807, 2.05) is 0 Å². The lowest BCUT2D eigenvalue weighted by Crippen LogP contribution is -2.49. The first-order valence-corrected chi connectivity index (χ1v) is 10.4. The van der Waals surface area contributed by atoms with E-state index in [2.05, 4.69) is 11.8 Å². The van der Waals surface area contributed by atoms with E-state index in [0.717, 1.165) is 23.6 Å². The molecule has 0 aliphatic carbocycles. The Hall–Kier alpha value is -2.29. The van der Waals surface area contributed by atoms with Crippen molar-refractivity contribution in [1.82, 2.24) is 9.47 Å². The van der Waals surface area contributed by atoms with Gasteiger partial charge in [-0.2, -0.15) is 13.2 Å². The number of likely N-dealkylation sites (tertiary alicyclic amines) is 1. The molecule has 1 saturated heterocycles. The third kappa shape index (κ3) is 6.37. The Morgan fingerprint density at radius 3 is 2.59 bits per heavy atom. The number of carbonyl (C=O) groups excluding carboxylic acids is 1. The highest BCUT2D eigenvalue weighted by atomic mass is 35.5. The van der Waals surface area contributed by atoms with E-state index in [0.29, 0.717) is 10.1 Å². The van der Waals surface area contributed by atoms with Gasteiger partial charge in [0, 0.05) is 31.6 Å². The van der Waals surface area contributed by atoms with Gasteiger partial charge in [-0.1, -0.05) is 23.4 Å². The third-order valence-electron chi connectivity index (χ3n) is 4.53. The Morgan fingerprint density at radius 2 is 1.97 bits per heavy atom. The lowest BCUT2D eigenvalue weighted by atomic mass is 10.0. The van der Waals surface area contributed by atoms with Crippen LogP contribution < -0.4 is 5.56 Å². The first-order chi connectivity index (χ1) is 14.9. The summed E-state index contributed by atoms with van der Waals surface area (Å²) in [4.78, 5) is 25.5. The molecule has 2 aromatic heterocycles. The molecule has 3 heterocycles. The zero-order valence-electron chi connectivity index (χ0n) is 16.2. The number of aromatic nitrogens is 1. The van der Waals surface area contributed by atoms with E-state index >= 15 is 0 Å². The fourth-order valence-electron chi connectivity index (χ4n) is 3.13. The molecule has 1 aliphatic rings. The van der Waals surface area contributed by atoms with E-state index in [4.69, 9.17) is 11.6 Å². The molecule has 0 saturated carbocycles. The van der Waals surface area contributed by atoms with Crippen molar-refractivity contribution in [1.29, 1.82) is 0 Å². The monoisotopic (exact) mass is 496 g/mol. The first kappa shape index (κ1) is 24.4. The van der Waals surface area contributed by atoms with Crippen molar-refractivity contribution in [3.8, 4) is 11.8 Å². The molecular formula is C20H15ClF6N2O2S. The molecule has 0 N–H and O–H groups in total. The predicted molar refractivity (Wildman–Crippen MR) is 107 cm³/mol. The van der Waals surface area contributed by atoms with Crippen molar-refractivity contribution < 1.29 is 31.1 Å². The van der Waals surface area contributed by atoms with Gasteiger partial charge in [-0.15, -0.1) is 11.3 Å². The van der Waals surface area contributed by atoms with Gasteiger partial charge in [0.15, 0.2) is 11.6 Å². The number of thiophene rings is 1. The van der Waals surface area contributed by atoms with Gasteiger partial charge >= 0.3 is 6.18 Å². The fourth-order valence-corrected chi connectivity index (χ4v) is 4.25. The van der Waals surface area contributed by atoms with Crippen LogP contribution in [0.1, 0.15) is 20.8 Å². The van der Waals surface area contributed by atoms with Gasteiger partial charge in [-0.25, -0.2) is 13.2 Å². The molecule has 3 rings (SSSR count). The van der Waals surface area contributed by atoms with Crippen LogP contribution in [0.3, 0.4) is 0 Å². The molecular weight excluding hydrogens is 482 g/mol.